The van der Waals surface area contributed by atoms with E-state index >= 15 is 0 Å². The average Bonchev–Trinajstić information content (AvgIpc) is 2.96. The van der Waals surface area contributed by atoms with Crippen molar-refractivity contribution in [1.29, 1.82) is 0 Å². The van der Waals surface area contributed by atoms with Gasteiger partial charge in [0.25, 0.3) is 0 Å². The second-order valence-corrected chi connectivity index (χ2v) is 5.17. The van der Waals surface area contributed by atoms with Gasteiger partial charge in [-0.05, 0) is 0 Å². The Morgan fingerprint density at radius 2 is 1.91 bits per heavy atom. The van der Waals surface area contributed by atoms with Crippen molar-refractivity contribution in [2.75, 3.05) is 26.7 Å². The Bertz CT molecular complexity index is 487. The number of rotatable bonds is 8. The minimum Gasteiger partial charge on any atom is -0.355 e. The molecular formula is C14H28IN7O. The van der Waals surface area contributed by atoms with E-state index in [1.165, 1.54) is 0 Å². The van der Waals surface area contributed by atoms with Crippen molar-refractivity contribution in [3.8, 4) is 0 Å². The lowest BCUT2D eigenvalue weighted by molar-refractivity contribution is -0.123. The van der Waals surface area contributed by atoms with Crippen LogP contribution in [-0.2, 0) is 17.8 Å². The zero-order chi connectivity index (χ0) is 16.4. The van der Waals surface area contributed by atoms with Crippen molar-refractivity contribution in [1.82, 2.24) is 30.7 Å². The van der Waals surface area contributed by atoms with Gasteiger partial charge in [0.2, 0.25) is 5.91 Å². The summed E-state index contributed by atoms with van der Waals surface area (Å²) in [5.41, 5.74) is 0. The molecule has 1 amide bonds. The normalized spacial score (nSPS) is 11.1. The van der Waals surface area contributed by atoms with E-state index in [9.17, 15) is 4.79 Å². The summed E-state index contributed by atoms with van der Waals surface area (Å²) in [4.78, 5) is 15.6. The van der Waals surface area contributed by atoms with Crippen LogP contribution in [0.3, 0.4) is 0 Å². The molecule has 8 nitrogen and oxygen atoms in total. The summed E-state index contributed by atoms with van der Waals surface area (Å²) in [5.74, 6) is 1.75. The van der Waals surface area contributed by atoms with Gasteiger partial charge >= 0.3 is 0 Å². The molecule has 1 aromatic rings. The number of halogens is 1. The van der Waals surface area contributed by atoms with Crippen molar-refractivity contribution < 1.29 is 4.79 Å². The molecular weight excluding hydrogens is 409 g/mol. The predicted octanol–water partition coefficient (Wildman–Crippen LogP) is 0.396. The maximum Gasteiger partial charge on any atom is 0.222 e. The highest BCUT2D eigenvalue weighted by Crippen LogP contribution is 1.94. The van der Waals surface area contributed by atoms with Gasteiger partial charge < -0.3 is 20.5 Å². The Labute approximate surface area is 154 Å². The van der Waals surface area contributed by atoms with Gasteiger partial charge in [-0.3, -0.25) is 9.79 Å². The molecule has 1 aromatic heterocycles. The number of nitrogens with zero attached hydrogens (tertiary/aromatic N) is 4. The molecule has 0 bridgehead atoms. The van der Waals surface area contributed by atoms with Gasteiger partial charge in [0.15, 0.2) is 5.96 Å². The van der Waals surface area contributed by atoms with Gasteiger partial charge in [-0.25, -0.2) is 0 Å². The van der Waals surface area contributed by atoms with Crippen LogP contribution >= 0.6 is 24.0 Å². The number of carbonyl (C=O) groups excluding carboxylic acids is 1. The smallest absolute Gasteiger partial charge is 0.222 e. The molecule has 0 spiro atoms. The number of aryl methyl sites for hydroxylation is 1. The van der Waals surface area contributed by atoms with Crippen LogP contribution in [0, 0.1) is 5.92 Å². The zero-order valence-corrected chi connectivity index (χ0v) is 16.6. The highest BCUT2D eigenvalue weighted by Gasteiger charge is 2.05. The van der Waals surface area contributed by atoms with E-state index in [2.05, 4.69) is 38.1 Å². The van der Waals surface area contributed by atoms with Crippen molar-refractivity contribution in [3.05, 3.63) is 12.2 Å². The topological polar surface area (TPSA) is 96.2 Å². The van der Waals surface area contributed by atoms with Crippen LogP contribution in [0.25, 0.3) is 0 Å². The van der Waals surface area contributed by atoms with Gasteiger partial charge in [-0.2, -0.15) is 0 Å². The lowest BCUT2D eigenvalue weighted by Gasteiger charge is -2.13. The number of carbonyl (C=O) groups is 1. The molecule has 3 N–H and O–H groups in total. The van der Waals surface area contributed by atoms with E-state index in [-0.39, 0.29) is 35.8 Å². The molecule has 0 radical (unpaired) electrons. The summed E-state index contributed by atoms with van der Waals surface area (Å²) in [6.45, 7) is 8.51. The summed E-state index contributed by atoms with van der Waals surface area (Å²) in [6, 6.07) is 0. The lowest BCUT2D eigenvalue weighted by Crippen LogP contribution is -2.43. The Morgan fingerprint density at radius 3 is 2.52 bits per heavy atom. The van der Waals surface area contributed by atoms with E-state index in [0.29, 0.717) is 19.0 Å². The lowest BCUT2D eigenvalue weighted by atomic mass is 10.2. The summed E-state index contributed by atoms with van der Waals surface area (Å²) in [7, 11) is 1.72. The number of hydrogen-bond donors (Lipinski definition) is 3. The molecule has 0 aromatic carbocycles. The van der Waals surface area contributed by atoms with Crippen LogP contribution in [0.15, 0.2) is 11.3 Å². The van der Waals surface area contributed by atoms with E-state index in [1.54, 1.807) is 13.4 Å². The molecule has 0 saturated carbocycles. The summed E-state index contributed by atoms with van der Waals surface area (Å²) >= 11 is 0. The van der Waals surface area contributed by atoms with Crippen LogP contribution in [0.4, 0.5) is 0 Å². The first-order chi connectivity index (χ1) is 10.6. The van der Waals surface area contributed by atoms with Gasteiger partial charge in [-0.15, -0.1) is 34.2 Å². The van der Waals surface area contributed by atoms with Crippen LogP contribution in [-0.4, -0.2) is 53.3 Å². The molecule has 0 atom stereocenters. The maximum atomic E-state index is 11.4. The molecule has 0 aliphatic rings. The summed E-state index contributed by atoms with van der Waals surface area (Å²) in [6.07, 6.45) is 2.60. The van der Waals surface area contributed by atoms with E-state index in [0.717, 1.165) is 25.3 Å². The first-order valence-corrected chi connectivity index (χ1v) is 7.67. The molecule has 23 heavy (non-hydrogen) atoms. The van der Waals surface area contributed by atoms with Gasteiger partial charge in [0, 0.05) is 45.6 Å². The fourth-order valence-corrected chi connectivity index (χ4v) is 1.83. The number of aliphatic imine (C=N–C) groups is 1. The molecule has 0 fully saturated rings. The fraction of sp³-hybridized carbons (Fsp3) is 0.714. The minimum atomic E-state index is 0. The van der Waals surface area contributed by atoms with Crippen LogP contribution < -0.4 is 16.0 Å². The largest absolute Gasteiger partial charge is 0.355 e. The average molecular weight is 437 g/mol. The van der Waals surface area contributed by atoms with Crippen molar-refractivity contribution in [2.24, 2.45) is 10.9 Å². The Morgan fingerprint density at radius 1 is 1.26 bits per heavy atom. The molecule has 9 heteroatoms. The van der Waals surface area contributed by atoms with Gasteiger partial charge in [0.05, 0.1) is 0 Å². The Balaban J connectivity index is 0.00000484. The van der Waals surface area contributed by atoms with E-state index in [4.69, 9.17) is 0 Å². The zero-order valence-electron chi connectivity index (χ0n) is 14.3. The third-order valence-corrected chi connectivity index (χ3v) is 3.12. The Kier molecular flexibility index (Phi) is 11.4. The number of hydrogen-bond acceptors (Lipinski definition) is 4. The second kappa shape index (κ2) is 12.1. The van der Waals surface area contributed by atoms with E-state index in [1.807, 2.05) is 18.4 Å². The maximum absolute atomic E-state index is 11.4. The molecule has 0 unspecified atom stereocenters. The summed E-state index contributed by atoms with van der Waals surface area (Å²) in [5, 5.41) is 17.2. The van der Waals surface area contributed by atoms with Gasteiger partial charge in [-0.1, -0.05) is 20.8 Å². The van der Waals surface area contributed by atoms with Crippen LogP contribution in [0.2, 0.25) is 0 Å². The predicted molar refractivity (Wildman–Crippen MR) is 102 cm³/mol. The Hall–Kier alpha value is -1.39. The van der Waals surface area contributed by atoms with Gasteiger partial charge in [0.1, 0.15) is 12.2 Å². The first kappa shape index (κ1) is 21.6. The molecule has 0 saturated heterocycles. The third-order valence-electron chi connectivity index (χ3n) is 3.12. The SMILES string of the molecule is CCc1nncn1CCNC(=NC)NCCNC(=O)C(C)C.I. The summed E-state index contributed by atoms with van der Waals surface area (Å²) < 4.78 is 2.02. The fourth-order valence-electron chi connectivity index (χ4n) is 1.83. The number of guanidine groups is 1. The quantitative estimate of drug-likeness (QED) is 0.237. The van der Waals surface area contributed by atoms with Crippen molar-refractivity contribution in [2.45, 2.75) is 33.7 Å². The standard InChI is InChI=1S/C14H27N7O.HI/c1-5-12-20-19-10-21(12)9-8-18-14(15-4)17-7-6-16-13(22)11(2)3;/h10-11H,5-9H2,1-4H3,(H,16,22)(H2,15,17,18);1H. The number of aromatic nitrogens is 3. The highest BCUT2D eigenvalue weighted by atomic mass is 127. The minimum absolute atomic E-state index is 0. The van der Waals surface area contributed by atoms with E-state index < -0.39 is 0 Å². The number of nitrogens with one attached hydrogen (secondary N) is 3. The molecule has 1 rings (SSSR count). The highest BCUT2D eigenvalue weighted by molar-refractivity contribution is 14.0. The first-order valence-electron chi connectivity index (χ1n) is 7.67. The number of amides is 1. The molecule has 0 aliphatic carbocycles. The molecule has 132 valence electrons. The van der Waals surface area contributed by atoms with Crippen molar-refractivity contribution >= 4 is 35.8 Å². The second-order valence-electron chi connectivity index (χ2n) is 5.17. The molecule has 0 aliphatic heterocycles. The van der Waals surface area contributed by atoms with Crippen molar-refractivity contribution in [3.63, 3.8) is 0 Å². The van der Waals surface area contributed by atoms with Crippen LogP contribution in [0.5, 0.6) is 0 Å². The van der Waals surface area contributed by atoms with Crippen LogP contribution in [0.1, 0.15) is 26.6 Å². The monoisotopic (exact) mass is 437 g/mol. The third kappa shape index (κ3) is 8.14. The molecule has 1 heterocycles.